The number of rotatable bonds is 3. The number of anilines is 1. The van der Waals surface area contributed by atoms with Gasteiger partial charge in [-0.3, -0.25) is 0 Å². The standard InChI is InChI=1S/C16H11BrN8/c17-11-2-1-10-8-19-16(18)15(14(10)7-11)22-21-12-3-5-13(6-4-12)25-9-20-23-24-25/h1-9H,(H2,18,19)/b22-21+. The molecule has 2 heterocycles. The average molecular weight is 395 g/mol. The summed E-state index contributed by atoms with van der Waals surface area (Å²) >= 11 is 3.46. The van der Waals surface area contributed by atoms with Gasteiger partial charge in [-0.25, -0.2) is 9.67 Å². The van der Waals surface area contributed by atoms with Gasteiger partial charge >= 0.3 is 0 Å². The summed E-state index contributed by atoms with van der Waals surface area (Å²) in [5.41, 5.74) is 8.04. The van der Waals surface area contributed by atoms with Crippen LogP contribution in [-0.2, 0) is 0 Å². The molecule has 9 heteroatoms. The van der Waals surface area contributed by atoms with Crippen molar-refractivity contribution in [3.63, 3.8) is 0 Å². The lowest BCUT2D eigenvalue weighted by atomic mass is 10.1. The second-order valence-electron chi connectivity index (χ2n) is 5.19. The van der Waals surface area contributed by atoms with E-state index >= 15 is 0 Å². The van der Waals surface area contributed by atoms with Crippen molar-refractivity contribution in [2.75, 3.05) is 5.73 Å². The van der Waals surface area contributed by atoms with Crippen LogP contribution in [0.25, 0.3) is 16.5 Å². The number of aromatic nitrogens is 5. The largest absolute Gasteiger partial charge is 0.382 e. The molecular weight excluding hydrogens is 384 g/mol. The van der Waals surface area contributed by atoms with Crippen molar-refractivity contribution in [3.05, 3.63) is 59.5 Å². The molecule has 0 aliphatic carbocycles. The molecule has 0 aliphatic heterocycles. The van der Waals surface area contributed by atoms with Crippen LogP contribution in [-0.4, -0.2) is 25.2 Å². The quantitative estimate of drug-likeness (QED) is 0.528. The first-order valence-electron chi connectivity index (χ1n) is 7.29. The summed E-state index contributed by atoms with van der Waals surface area (Å²) in [5, 5.41) is 21.5. The molecule has 0 radical (unpaired) electrons. The lowest BCUT2D eigenvalue weighted by Gasteiger charge is -2.04. The smallest absolute Gasteiger partial charge is 0.151 e. The Labute approximate surface area is 150 Å². The summed E-state index contributed by atoms with van der Waals surface area (Å²) < 4.78 is 2.50. The van der Waals surface area contributed by atoms with E-state index in [-0.39, 0.29) is 0 Å². The van der Waals surface area contributed by atoms with Crippen molar-refractivity contribution in [2.45, 2.75) is 0 Å². The third kappa shape index (κ3) is 3.09. The second kappa shape index (κ2) is 6.36. The van der Waals surface area contributed by atoms with E-state index in [1.54, 1.807) is 10.9 Å². The van der Waals surface area contributed by atoms with Crippen LogP contribution in [0.3, 0.4) is 0 Å². The van der Waals surface area contributed by atoms with E-state index in [1.807, 2.05) is 42.5 Å². The third-order valence-corrected chi connectivity index (χ3v) is 4.08. The number of fused-ring (bicyclic) bond motifs is 1. The molecule has 4 aromatic rings. The highest BCUT2D eigenvalue weighted by atomic mass is 79.9. The predicted octanol–water partition coefficient (Wildman–Crippen LogP) is 3.97. The molecule has 4 rings (SSSR count). The highest BCUT2D eigenvalue weighted by molar-refractivity contribution is 9.10. The number of nitrogen functional groups attached to an aromatic ring is 1. The van der Waals surface area contributed by atoms with Crippen LogP contribution in [0.15, 0.2) is 69.7 Å². The molecule has 0 saturated heterocycles. The zero-order chi connectivity index (χ0) is 17.2. The fourth-order valence-corrected chi connectivity index (χ4v) is 2.71. The molecule has 0 fully saturated rings. The first-order chi connectivity index (χ1) is 12.2. The fraction of sp³-hybridized carbons (Fsp3) is 0. The van der Waals surface area contributed by atoms with Gasteiger partial charge in [0.05, 0.1) is 11.4 Å². The molecule has 0 aliphatic rings. The van der Waals surface area contributed by atoms with Gasteiger partial charge in [-0.2, -0.15) is 5.11 Å². The Hall–Kier alpha value is -3.20. The van der Waals surface area contributed by atoms with Crippen molar-refractivity contribution in [3.8, 4) is 5.69 Å². The Balaban J connectivity index is 1.69. The van der Waals surface area contributed by atoms with Gasteiger partial charge in [-0.1, -0.05) is 22.0 Å². The lowest BCUT2D eigenvalue weighted by molar-refractivity contribution is 0.789. The van der Waals surface area contributed by atoms with Crippen LogP contribution in [0.5, 0.6) is 0 Å². The maximum absolute atomic E-state index is 5.98. The molecule has 0 atom stereocenters. The number of halogens is 1. The molecule has 2 aromatic heterocycles. The lowest BCUT2D eigenvalue weighted by Crippen LogP contribution is -1.93. The molecule has 25 heavy (non-hydrogen) atoms. The number of tetrazole rings is 1. The minimum atomic E-state index is 0.333. The van der Waals surface area contributed by atoms with Crippen LogP contribution in [0, 0.1) is 0 Å². The van der Waals surface area contributed by atoms with Gasteiger partial charge < -0.3 is 5.73 Å². The minimum Gasteiger partial charge on any atom is -0.382 e. The zero-order valence-corrected chi connectivity index (χ0v) is 14.4. The van der Waals surface area contributed by atoms with Crippen LogP contribution >= 0.6 is 15.9 Å². The maximum Gasteiger partial charge on any atom is 0.151 e. The third-order valence-electron chi connectivity index (χ3n) is 3.58. The van der Waals surface area contributed by atoms with E-state index in [1.165, 1.54) is 6.33 Å². The van der Waals surface area contributed by atoms with Crippen LogP contribution in [0.4, 0.5) is 17.2 Å². The summed E-state index contributed by atoms with van der Waals surface area (Å²) in [6.45, 7) is 0. The van der Waals surface area contributed by atoms with Crippen LogP contribution in [0.1, 0.15) is 0 Å². The summed E-state index contributed by atoms with van der Waals surface area (Å²) in [5.74, 6) is 0.333. The Morgan fingerprint density at radius 3 is 2.64 bits per heavy atom. The molecule has 2 N–H and O–H groups in total. The van der Waals surface area contributed by atoms with Gasteiger partial charge in [0.1, 0.15) is 12.0 Å². The van der Waals surface area contributed by atoms with Crippen molar-refractivity contribution < 1.29 is 0 Å². The summed E-state index contributed by atoms with van der Waals surface area (Å²) in [6, 6.07) is 13.2. The van der Waals surface area contributed by atoms with E-state index in [0.717, 1.165) is 20.9 Å². The van der Waals surface area contributed by atoms with E-state index in [4.69, 9.17) is 5.73 Å². The zero-order valence-electron chi connectivity index (χ0n) is 12.8. The normalized spacial score (nSPS) is 11.4. The van der Waals surface area contributed by atoms with Crippen molar-refractivity contribution in [2.24, 2.45) is 10.2 Å². The van der Waals surface area contributed by atoms with E-state index in [0.29, 0.717) is 17.2 Å². The highest BCUT2D eigenvalue weighted by Crippen LogP contribution is 2.33. The molecular formula is C16H11BrN8. The second-order valence-corrected chi connectivity index (χ2v) is 6.11. The first kappa shape index (κ1) is 15.3. The fourth-order valence-electron chi connectivity index (χ4n) is 2.35. The molecule has 0 amide bonds. The van der Waals surface area contributed by atoms with Crippen molar-refractivity contribution in [1.29, 1.82) is 0 Å². The number of pyridine rings is 1. The number of nitrogens with two attached hydrogens (primary N) is 1. The number of hydrogen-bond donors (Lipinski definition) is 1. The summed E-state index contributed by atoms with van der Waals surface area (Å²) in [6.07, 6.45) is 3.24. The first-order valence-corrected chi connectivity index (χ1v) is 8.09. The van der Waals surface area contributed by atoms with E-state index < -0.39 is 0 Å². The van der Waals surface area contributed by atoms with Gasteiger partial charge in [0.2, 0.25) is 0 Å². The average Bonchev–Trinajstić information content (AvgIpc) is 3.16. The summed E-state index contributed by atoms with van der Waals surface area (Å²) in [7, 11) is 0. The highest BCUT2D eigenvalue weighted by Gasteiger charge is 2.07. The Morgan fingerprint density at radius 2 is 1.88 bits per heavy atom. The topological polar surface area (TPSA) is 107 Å². The Morgan fingerprint density at radius 1 is 1.04 bits per heavy atom. The maximum atomic E-state index is 5.98. The Kier molecular flexibility index (Phi) is 3.90. The Bertz CT molecular complexity index is 1050. The number of hydrogen-bond acceptors (Lipinski definition) is 7. The van der Waals surface area contributed by atoms with Gasteiger partial charge in [0.25, 0.3) is 0 Å². The van der Waals surface area contributed by atoms with Crippen LogP contribution < -0.4 is 5.73 Å². The molecule has 2 aromatic carbocycles. The van der Waals surface area contributed by atoms with E-state index in [9.17, 15) is 0 Å². The molecule has 0 bridgehead atoms. The molecule has 122 valence electrons. The molecule has 0 spiro atoms. The van der Waals surface area contributed by atoms with E-state index in [2.05, 4.69) is 46.7 Å². The molecule has 0 unspecified atom stereocenters. The molecule has 0 saturated carbocycles. The van der Waals surface area contributed by atoms with Crippen molar-refractivity contribution >= 4 is 43.9 Å². The van der Waals surface area contributed by atoms with Crippen molar-refractivity contribution in [1.82, 2.24) is 25.2 Å². The van der Waals surface area contributed by atoms with Gasteiger partial charge in [-0.15, -0.1) is 10.2 Å². The predicted molar refractivity (Wildman–Crippen MR) is 97.2 cm³/mol. The molecule has 8 nitrogen and oxygen atoms in total. The number of benzene rings is 2. The summed E-state index contributed by atoms with van der Waals surface area (Å²) in [4.78, 5) is 4.18. The van der Waals surface area contributed by atoms with Gasteiger partial charge in [-0.05, 0) is 46.8 Å². The number of nitrogens with zero attached hydrogens (tertiary/aromatic N) is 7. The SMILES string of the molecule is Nc1ncc2ccc(Br)cc2c1/N=N/c1ccc(-n2cnnn2)cc1. The van der Waals surface area contributed by atoms with Gasteiger partial charge in [0, 0.05) is 21.4 Å². The number of azo groups is 1. The minimum absolute atomic E-state index is 0.333. The monoisotopic (exact) mass is 394 g/mol. The van der Waals surface area contributed by atoms with Gasteiger partial charge in [0.15, 0.2) is 5.82 Å². The van der Waals surface area contributed by atoms with Crippen LogP contribution in [0.2, 0.25) is 0 Å².